The Morgan fingerprint density at radius 1 is 1.04 bits per heavy atom. The highest BCUT2D eigenvalue weighted by Gasteiger charge is 2.45. The fourth-order valence-corrected chi connectivity index (χ4v) is 4.49. The van der Waals surface area contributed by atoms with Gasteiger partial charge in [0.1, 0.15) is 0 Å². The minimum atomic E-state index is -0.439. The van der Waals surface area contributed by atoms with E-state index in [2.05, 4.69) is 55.5 Å². The average Bonchev–Trinajstić information content (AvgIpc) is 2.69. The summed E-state index contributed by atoms with van der Waals surface area (Å²) >= 11 is 6.07. The molecule has 2 aromatic rings. The quantitative estimate of drug-likeness (QED) is 0.651. The number of nitrogens with one attached hydrogen (secondary N) is 1. The van der Waals surface area contributed by atoms with Crippen molar-refractivity contribution in [1.82, 2.24) is 10.2 Å². The van der Waals surface area contributed by atoms with Gasteiger partial charge in [-0.25, -0.2) is 0 Å². The molecule has 4 heteroatoms. The molecule has 0 saturated heterocycles. The zero-order valence-electron chi connectivity index (χ0n) is 17.2. The Balaban J connectivity index is 2.03. The molecule has 0 aliphatic carbocycles. The van der Waals surface area contributed by atoms with Gasteiger partial charge in [0.25, 0.3) is 0 Å². The second-order valence-corrected chi connectivity index (χ2v) is 8.57. The monoisotopic (exact) mass is 398 g/mol. The van der Waals surface area contributed by atoms with E-state index in [0.717, 1.165) is 44.2 Å². The Morgan fingerprint density at radius 3 is 2.39 bits per heavy atom. The minimum absolute atomic E-state index is 0.121. The fraction of sp³-hybridized carbons (Fsp3) is 0.458. The Labute approximate surface area is 174 Å². The predicted molar refractivity (Wildman–Crippen MR) is 117 cm³/mol. The van der Waals surface area contributed by atoms with Crippen LogP contribution in [0.3, 0.4) is 0 Å². The summed E-state index contributed by atoms with van der Waals surface area (Å²) < 4.78 is 0. The first-order valence-corrected chi connectivity index (χ1v) is 10.7. The first kappa shape index (κ1) is 20.9. The average molecular weight is 399 g/mol. The number of carbonyl (C=O) groups is 1. The number of nitrogens with zero attached hydrogens (tertiary/aromatic N) is 1. The second kappa shape index (κ2) is 9.11. The zero-order valence-corrected chi connectivity index (χ0v) is 17.9. The number of benzene rings is 2. The Bertz CT molecular complexity index is 803. The predicted octanol–water partition coefficient (Wildman–Crippen LogP) is 5.33. The summed E-state index contributed by atoms with van der Waals surface area (Å²) in [5.41, 5.74) is 3.05. The van der Waals surface area contributed by atoms with Crippen LogP contribution in [0.25, 0.3) is 0 Å². The Hall–Kier alpha value is -1.84. The molecule has 1 heterocycles. The van der Waals surface area contributed by atoms with Gasteiger partial charge >= 0.3 is 0 Å². The number of halogens is 1. The van der Waals surface area contributed by atoms with Crippen LogP contribution in [0.15, 0.2) is 48.5 Å². The number of carbonyl (C=O) groups excluding carboxylic acids is 1. The van der Waals surface area contributed by atoms with Crippen LogP contribution in [0.2, 0.25) is 5.02 Å². The third kappa shape index (κ3) is 4.26. The van der Waals surface area contributed by atoms with Crippen LogP contribution in [0.5, 0.6) is 0 Å². The highest BCUT2D eigenvalue weighted by molar-refractivity contribution is 6.30. The molecule has 1 aliphatic heterocycles. The van der Waals surface area contributed by atoms with Gasteiger partial charge in [-0.1, -0.05) is 67.8 Å². The summed E-state index contributed by atoms with van der Waals surface area (Å²) in [5.74, 6) is 0.165. The maximum Gasteiger partial charge on any atom is 0.231 e. The van der Waals surface area contributed by atoms with Gasteiger partial charge in [0, 0.05) is 5.02 Å². The first-order valence-electron chi connectivity index (χ1n) is 10.3. The SMILES string of the molecule is CCCCC1(CCCN(C)C)C(=O)NC(c2ccc(Cl)cc2)c2ccccc21. The van der Waals surface area contributed by atoms with Crippen molar-refractivity contribution in [3.8, 4) is 0 Å². The summed E-state index contributed by atoms with van der Waals surface area (Å²) in [6.45, 7) is 3.18. The number of amides is 1. The van der Waals surface area contributed by atoms with Crippen molar-refractivity contribution in [2.45, 2.75) is 50.5 Å². The van der Waals surface area contributed by atoms with E-state index in [1.54, 1.807) is 0 Å². The normalized spacial score (nSPS) is 21.5. The molecule has 3 rings (SSSR count). The van der Waals surface area contributed by atoms with Gasteiger partial charge in [-0.2, -0.15) is 0 Å². The molecule has 1 amide bonds. The lowest BCUT2D eigenvalue weighted by atomic mass is 9.67. The third-order valence-corrected chi connectivity index (χ3v) is 6.12. The van der Waals surface area contributed by atoms with Gasteiger partial charge in [-0.15, -0.1) is 0 Å². The maximum atomic E-state index is 13.6. The van der Waals surface area contributed by atoms with E-state index in [1.807, 2.05) is 24.3 Å². The molecule has 0 bridgehead atoms. The smallest absolute Gasteiger partial charge is 0.231 e. The van der Waals surface area contributed by atoms with Gasteiger partial charge in [0.2, 0.25) is 5.91 Å². The summed E-state index contributed by atoms with van der Waals surface area (Å²) in [5, 5.41) is 4.06. The number of rotatable bonds is 8. The number of unbranched alkanes of at least 4 members (excludes halogenated alkanes) is 1. The summed E-state index contributed by atoms with van der Waals surface area (Å²) in [7, 11) is 4.17. The van der Waals surface area contributed by atoms with Crippen molar-refractivity contribution in [3.63, 3.8) is 0 Å². The molecule has 150 valence electrons. The molecule has 2 unspecified atom stereocenters. The number of fused-ring (bicyclic) bond motifs is 1. The molecule has 2 aromatic carbocycles. The van der Waals surface area contributed by atoms with Gasteiger partial charge in [-0.05, 0) is 68.7 Å². The van der Waals surface area contributed by atoms with Crippen molar-refractivity contribution in [1.29, 1.82) is 0 Å². The van der Waals surface area contributed by atoms with Crippen LogP contribution in [0, 0.1) is 0 Å². The molecule has 1 N–H and O–H groups in total. The van der Waals surface area contributed by atoms with E-state index >= 15 is 0 Å². The van der Waals surface area contributed by atoms with E-state index in [9.17, 15) is 4.79 Å². The standard InChI is InChI=1S/C24H31ClN2O/c1-4-5-15-24(16-8-17-27(2)3)21-10-7-6-9-20(21)22(26-23(24)28)18-11-13-19(25)14-12-18/h6-7,9-14,22H,4-5,8,15-17H2,1-3H3,(H,26,28). The molecule has 0 saturated carbocycles. The van der Waals surface area contributed by atoms with E-state index in [0.29, 0.717) is 5.02 Å². The minimum Gasteiger partial charge on any atom is -0.344 e. The van der Waals surface area contributed by atoms with Crippen LogP contribution in [0.4, 0.5) is 0 Å². The number of hydrogen-bond donors (Lipinski definition) is 1. The molecule has 28 heavy (non-hydrogen) atoms. The van der Waals surface area contributed by atoms with Gasteiger partial charge in [-0.3, -0.25) is 4.79 Å². The van der Waals surface area contributed by atoms with Crippen molar-refractivity contribution >= 4 is 17.5 Å². The lowest BCUT2D eigenvalue weighted by Crippen LogP contribution is -2.51. The van der Waals surface area contributed by atoms with E-state index in [4.69, 9.17) is 11.6 Å². The van der Waals surface area contributed by atoms with Crippen LogP contribution < -0.4 is 5.32 Å². The van der Waals surface area contributed by atoms with Crippen LogP contribution in [-0.2, 0) is 10.2 Å². The number of hydrogen-bond acceptors (Lipinski definition) is 2. The molecule has 0 fully saturated rings. The summed E-state index contributed by atoms with van der Waals surface area (Å²) in [6, 6.07) is 16.2. The summed E-state index contributed by atoms with van der Waals surface area (Å²) in [6.07, 6.45) is 4.92. The van der Waals surface area contributed by atoms with Crippen molar-refractivity contribution in [2.24, 2.45) is 0 Å². The van der Waals surface area contributed by atoms with Crippen molar-refractivity contribution in [3.05, 3.63) is 70.2 Å². The van der Waals surface area contributed by atoms with Crippen LogP contribution in [-0.4, -0.2) is 31.4 Å². The lowest BCUT2D eigenvalue weighted by Gasteiger charge is -2.42. The lowest BCUT2D eigenvalue weighted by molar-refractivity contribution is -0.129. The van der Waals surface area contributed by atoms with Crippen molar-refractivity contribution in [2.75, 3.05) is 20.6 Å². The topological polar surface area (TPSA) is 32.3 Å². The molecule has 3 nitrogen and oxygen atoms in total. The maximum absolute atomic E-state index is 13.6. The second-order valence-electron chi connectivity index (χ2n) is 8.14. The first-order chi connectivity index (χ1) is 13.5. The fourth-order valence-electron chi connectivity index (χ4n) is 4.37. The van der Waals surface area contributed by atoms with E-state index in [-0.39, 0.29) is 11.9 Å². The van der Waals surface area contributed by atoms with Crippen molar-refractivity contribution < 1.29 is 4.79 Å². The molecule has 0 radical (unpaired) electrons. The van der Waals surface area contributed by atoms with E-state index < -0.39 is 5.41 Å². The molecular formula is C24H31ClN2O. The molecule has 0 aromatic heterocycles. The molecule has 1 aliphatic rings. The van der Waals surface area contributed by atoms with Crippen LogP contribution >= 0.6 is 11.6 Å². The highest BCUT2D eigenvalue weighted by Crippen LogP contribution is 2.44. The Morgan fingerprint density at radius 2 is 1.71 bits per heavy atom. The zero-order chi connectivity index (χ0) is 20.1. The van der Waals surface area contributed by atoms with E-state index in [1.165, 1.54) is 11.1 Å². The summed E-state index contributed by atoms with van der Waals surface area (Å²) in [4.78, 5) is 15.8. The third-order valence-electron chi connectivity index (χ3n) is 5.87. The molecular weight excluding hydrogens is 368 g/mol. The Kier molecular flexibility index (Phi) is 6.79. The van der Waals surface area contributed by atoms with Crippen LogP contribution in [0.1, 0.15) is 61.8 Å². The molecule has 0 spiro atoms. The van der Waals surface area contributed by atoms with Gasteiger partial charge in [0.15, 0.2) is 0 Å². The van der Waals surface area contributed by atoms with Gasteiger partial charge in [0.05, 0.1) is 11.5 Å². The van der Waals surface area contributed by atoms with Gasteiger partial charge < -0.3 is 10.2 Å². The highest BCUT2D eigenvalue weighted by atomic mass is 35.5. The largest absolute Gasteiger partial charge is 0.344 e. The molecule has 2 atom stereocenters.